The monoisotopic (exact) mass is 332 g/mol. The van der Waals surface area contributed by atoms with Crippen LogP contribution in [0.1, 0.15) is 27.7 Å². The Kier molecular flexibility index (Phi) is 5.55. The number of hydrogen-bond donors (Lipinski definition) is 0. The minimum Gasteiger partial charge on any atom is -0.455 e. The molecule has 2 heterocycles. The van der Waals surface area contributed by atoms with Crippen LogP contribution in [-0.4, -0.2) is 61.5 Å². The molecule has 0 saturated carbocycles. The number of esters is 3. The van der Waals surface area contributed by atoms with E-state index in [2.05, 4.69) is 0 Å². The molecule has 6 atom stereocenters. The van der Waals surface area contributed by atoms with Crippen LogP contribution in [0, 0.1) is 0 Å². The third-order valence-corrected chi connectivity index (χ3v) is 3.32. The van der Waals surface area contributed by atoms with E-state index in [9.17, 15) is 14.4 Å². The van der Waals surface area contributed by atoms with Crippen molar-refractivity contribution in [2.75, 3.05) is 6.61 Å². The Hall–Kier alpha value is -1.71. The summed E-state index contributed by atoms with van der Waals surface area (Å²) in [5, 5.41) is 0. The van der Waals surface area contributed by atoms with Crippen LogP contribution < -0.4 is 0 Å². The van der Waals surface area contributed by atoms with Gasteiger partial charge in [0.1, 0.15) is 12.2 Å². The van der Waals surface area contributed by atoms with E-state index in [1.807, 2.05) is 0 Å². The van der Waals surface area contributed by atoms with Crippen LogP contribution >= 0.6 is 0 Å². The van der Waals surface area contributed by atoms with Gasteiger partial charge in [0, 0.05) is 20.8 Å². The van der Waals surface area contributed by atoms with Crippen molar-refractivity contribution in [3.05, 3.63) is 0 Å². The summed E-state index contributed by atoms with van der Waals surface area (Å²) in [6, 6.07) is 0. The smallest absolute Gasteiger partial charge is 0.305 e. The van der Waals surface area contributed by atoms with Gasteiger partial charge in [0.2, 0.25) is 12.4 Å². The van der Waals surface area contributed by atoms with Crippen LogP contribution in [0.5, 0.6) is 0 Å². The molecule has 2 saturated heterocycles. The Morgan fingerprint density at radius 3 is 2.00 bits per heavy atom. The van der Waals surface area contributed by atoms with Gasteiger partial charge in [0.25, 0.3) is 0 Å². The minimum atomic E-state index is -1.22. The van der Waals surface area contributed by atoms with Crippen LogP contribution in [0.15, 0.2) is 0 Å². The lowest BCUT2D eigenvalue weighted by atomic mass is 9.97. The average molecular weight is 332 g/mol. The van der Waals surface area contributed by atoms with Crippen molar-refractivity contribution in [2.24, 2.45) is 0 Å². The average Bonchev–Trinajstić information content (AvgIpc) is 2.41. The lowest BCUT2D eigenvalue weighted by Gasteiger charge is -2.47. The molecule has 0 bridgehead atoms. The summed E-state index contributed by atoms with van der Waals surface area (Å²) in [4.78, 5) is 34.1. The van der Waals surface area contributed by atoms with Crippen LogP contribution in [0.3, 0.4) is 0 Å². The Balaban J connectivity index is 2.29. The van der Waals surface area contributed by atoms with E-state index in [0.29, 0.717) is 0 Å². The van der Waals surface area contributed by atoms with Gasteiger partial charge >= 0.3 is 17.9 Å². The maximum absolute atomic E-state index is 11.4. The number of carbonyl (C=O) groups is 3. The number of ether oxygens (including phenoxy) is 6. The fourth-order valence-electron chi connectivity index (χ4n) is 2.57. The van der Waals surface area contributed by atoms with E-state index < -0.39 is 54.9 Å². The highest BCUT2D eigenvalue weighted by molar-refractivity contribution is 5.68. The van der Waals surface area contributed by atoms with Crippen molar-refractivity contribution in [1.29, 1.82) is 0 Å². The molecule has 1 unspecified atom stereocenters. The highest BCUT2D eigenvalue weighted by Crippen LogP contribution is 2.32. The van der Waals surface area contributed by atoms with Gasteiger partial charge in [-0.3, -0.25) is 14.4 Å². The number of hydrogen-bond acceptors (Lipinski definition) is 9. The van der Waals surface area contributed by atoms with E-state index in [0.717, 1.165) is 0 Å². The topological polar surface area (TPSA) is 107 Å². The van der Waals surface area contributed by atoms with E-state index in [1.54, 1.807) is 6.92 Å². The van der Waals surface area contributed by atoms with E-state index in [-0.39, 0.29) is 6.61 Å². The van der Waals surface area contributed by atoms with Gasteiger partial charge in [0.05, 0.1) is 6.61 Å². The van der Waals surface area contributed by atoms with Gasteiger partial charge in [0.15, 0.2) is 12.4 Å². The molecule has 0 aromatic carbocycles. The molecule has 2 rings (SSSR count). The van der Waals surface area contributed by atoms with Crippen molar-refractivity contribution in [3.63, 3.8) is 0 Å². The van der Waals surface area contributed by atoms with Gasteiger partial charge in [-0.2, -0.15) is 0 Å². The van der Waals surface area contributed by atoms with Crippen LogP contribution in [0.4, 0.5) is 0 Å². The second kappa shape index (κ2) is 7.24. The molecule has 2 aliphatic rings. The Morgan fingerprint density at radius 1 is 0.870 bits per heavy atom. The standard InChI is InChI=1S/C14H20O9/c1-6(15)19-12-11-10(5-18-9(4)22-11)23-14(21-8(3)17)13(12)20-7(2)16/h9-14H,5H2,1-4H3/t9?,10-,11-,12+,13-,14-/m1/s1. The van der Waals surface area contributed by atoms with Crippen molar-refractivity contribution in [3.8, 4) is 0 Å². The summed E-state index contributed by atoms with van der Waals surface area (Å²) >= 11 is 0. The molecular weight excluding hydrogens is 312 g/mol. The second-order valence-corrected chi connectivity index (χ2v) is 5.30. The predicted octanol–water partition coefficient (Wildman–Crippen LogP) is -0.101. The van der Waals surface area contributed by atoms with Crippen molar-refractivity contribution in [2.45, 2.75) is 64.7 Å². The molecule has 2 aliphatic heterocycles. The zero-order chi connectivity index (χ0) is 17.1. The van der Waals surface area contributed by atoms with Crippen LogP contribution in [-0.2, 0) is 42.8 Å². The molecule has 0 N–H and O–H groups in total. The third-order valence-electron chi connectivity index (χ3n) is 3.32. The molecule has 0 aromatic rings. The van der Waals surface area contributed by atoms with Gasteiger partial charge in [-0.1, -0.05) is 0 Å². The summed E-state index contributed by atoms with van der Waals surface area (Å²) in [6.07, 6.45) is -5.22. The summed E-state index contributed by atoms with van der Waals surface area (Å²) in [6.45, 7) is 5.44. The summed E-state index contributed by atoms with van der Waals surface area (Å²) < 4.78 is 32.0. The summed E-state index contributed by atoms with van der Waals surface area (Å²) in [7, 11) is 0. The molecule has 0 aliphatic carbocycles. The van der Waals surface area contributed by atoms with Gasteiger partial charge in [-0.05, 0) is 6.92 Å². The highest BCUT2D eigenvalue weighted by atomic mass is 16.8. The second-order valence-electron chi connectivity index (χ2n) is 5.30. The fourth-order valence-corrected chi connectivity index (χ4v) is 2.57. The quantitative estimate of drug-likeness (QED) is 0.517. The molecule has 0 amide bonds. The van der Waals surface area contributed by atoms with Gasteiger partial charge in [-0.25, -0.2) is 0 Å². The van der Waals surface area contributed by atoms with Gasteiger partial charge < -0.3 is 28.4 Å². The first kappa shape index (κ1) is 17.6. The predicted molar refractivity (Wildman–Crippen MR) is 71.8 cm³/mol. The molecule has 0 radical (unpaired) electrons. The van der Waals surface area contributed by atoms with Gasteiger partial charge in [-0.15, -0.1) is 0 Å². The minimum absolute atomic E-state index is 0.161. The zero-order valence-corrected chi connectivity index (χ0v) is 13.3. The number of carbonyl (C=O) groups excluding carboxylic acids is 3. The third kappa shape index (κ3) is 4.40. The Bertz CT molecular complexity index is 477. The fraction of sp³-hybridized carbons (Fsp3) is 0.786. The lowest BCUT2D eigenvalue weighted by Crippen LogP contribution is -2.65. The zero-order valence-electron chi connectivity index (χ0n) is 13.3. The molecule has 9 heteroatoms. The molecule has 2 fully saturated rings. The van der Waals surface area contributed by atoms with E-state index in [4.69, 9.17) is 28.4 Å². The maximum Gasteiger partial charge on any atom is 0.305 e. The molecule has 9 nitrogen and oxygen atoms in total. The van der Waals surface area contributed by atoms with Crippen LogP contribution in [0.2, 0.25) is 0 Å². The largest absolute Gasteiger partial charge is 0.455 e. The lowest BCUT2D eigenvalue weighted by molar-refractivity contribution is -0.351. The SMILES string of the molecule is CC(=O)O[C@@H]1O[C@@H]2COC(C)O[C@H]2[C@H](OC(C)=O)[C@H]1OC(C)=O. The first-order chi connectivity index (χ1) is 10.8. The number of rotatable bonds is 3. The molecule has 130 valence electrons. The number of fused-ring (bicyclic) bond motifs is 1. The normalized spacial score (nSPS) is 36.5. The molecule has 23 heavy (non-hydrogen) atoms. The Morgan fingerprint density at radius 2 is 1.43 bits per heavy atom. The first-order valence-corrected chi connectivity index (χ1v) is 7.22. The van der Waals surface area contributed by atoms with E-state index in [1.165, 1.54) is 20.8 Å². The first-order valence-electron chi connectivity index (χ1n) is 7.22. The molecule has 0 spiro atoms. The molecular formula is C14H20O9. The van der Waals surface area contributed by atoms with Crippen molar-refractivity contribution < 1.29 is 42.8 Å². The van der Waals surface area contributed by atoms with Crippen molar-refractivity contribution in [1.82, 2.24) is 0 Å². The Labute approximate surface area is 133 Å². The van der Waals surface area contributed by atoms with Crippen molar-refractivity contribution >= 4 is 17.9 Å². The summed E-state index contributed by atoms with van der Waals surface area (Å²) in [5.74, 6) is -1.85. The van der Waals surface area contributed by atoms with Crippen LogP contribution in [0.25, 0.3) is 0 Å². The highest BCUT2D eigenvalue weighted by Gasteiger charge is 2.54. The maximum atomic E-state index is 11.4. The van der Waals surface area contributed by atoms with E-state index >= 15 is 0 Å². The molecule has 0 aromatic heterocycles. The summed E-state index contributed by atoms with van der Waals surface area (Å²) in [5.41, 5.74) is 0.